The number of hydrogen-bond donors (Lipinski definition) is 0. The molecule has 242 valence electrons. The zero-order valence-corrected chi connectivity index (χ0v) is 29.3. The second kappa shape index (κ2) is 11.9. The standard InChI is InChI=1S/C41H42N6O/c1-25-16-17-42-38(20-25)47-36-13-11-10-12-34(36)35-15-14-32(22-37(35)47)48-33-19-26(2)18-31(21-33)46-24-30(23-43-46)39-40(44(6)7)28(4)27(3)29(5)41(39)45(8)9/h10-24H,1-9H3. The van der Waals surface area contributed by atoms with Gasteiger partial charge in [-0.1, -0.05) is 18.2 Å². The molecule has 0 aliphatic carbocycles. The number of aryl methyl sites for hydroxylation is 2. The van der Waals surface area contributed by atoms with Crippen molar-refractivity contribution in [2.75, 3.05) is 38.0 Å². The minimum atomic E-state index is 0.753. The molecule has 0 radical (unpaired) electrons. The summed E-state index contributed by atoms with van der Waals surface area (Å²) in [6.45, 7) is 10.8. The molecule has 3 aromatic heterocycles. The lowest BCUT2D eigenvalue weighted by Gasteiger charge is -2.29. The SMILES string of the molecule is Cc1cc(Oc2ccc3c4ccccc4n(-c4cc(C)ccn4)c3c2)cc(-n2cc(-c3c(N(C)C)c(C)c(C)c(C)c3N(C)C)cn2)c1. The number of anilines is 2. The van der Waals surface area contributed by atoms with E-state index in [0.29, 0.717) is 0 Å². The van der Waals surface area contributed by atoms with Crippen LogP contribution in [0.25, 0.3) is 44.4 Å². The monoisotopic (exact) mass is 634 g/mol. The lowest BCUT2D eigenvalue weighted by atomic mass is 9.91. The lowest BCUT2D eigenvalue weighted by Crippen LogP contribution is -2.18. The highest BCUT2D eigenvalue weighted by atomic mass is 16.5. The summed E-state index contributed by atoms with van der Waals surface area (Å²) < 4.78 is 10.8. The largest absolute Gasteiger partial charge is 0.457 e. The van der Waals surface area contributed by atoms with Crippen LogP contribution in [0.4, 0.5) is 11.4 Å². The predicted octanol–water partition coefficient (Wildman–Crippen LogP) is 9.50. The summed E-state index contributed by atoms with van der Waals surface area (Å²) in [5, 5.41) is 7.21. The van der Waals surface area contributed by atoms with E-state index in [1.54, 1.807) is 0 Å². The number of para-hydroxylation sites is 1. The molecule has 0 aliphatic heterocycles. The van der Waals surface area contributed by atoms with E-state index < -0.39 is 0 Å². The molecule has 0 unspecified atom stereocenters. The molecule has 7 rings (SSSR count). The van der Waals surface area contributed by atoms with Crippen molar-refractivity contribution in [3.8, 4) is 34.1 Å². The highest BCUT2D eigenvalue weighted by molar-refractivity contribution is 6.09. The zero-order valence-electron chi connectivity index (χ0n) is 29.3. The number of pyridine rings is 1. The number of rotatable bonds is 7. The Morgan fingerprint density at radius 3 is 2.06 bits per heavy atom. The van der Waals surface area contributed by atoms with Crippen LogP contribution in [0.1, 0.15) is 27.8 Å². The van der Waals surface area contributed by atoms with Gasteiger partial charge in [-0.3, -0.25) is 4.57 Å². The van der Waals surface area contributed by atoms with Gasteiger partial charge in [0.25, 0.3) is 0 Å². The van der Waals surface area contributed by atoms with Gasteiger partial charge in [0.2, 0.25) is 0 Å². The van der Waals surface area contributed by atoms with Crippen molar-refractivity contribution in [1.82, 2.24) is 19.3 Å². The summed E-state index contributed by atoms with van der Waals surface area (Å²) in [7, 11) is 8.46. The average molecular weight is 635 g/mol. The Bertz CT molecular complexity index is 2310. The molecule has 0 spiro atoms. The Balaban J connectivity index is 1.29. The third-order valence-corrected chi connectivity index (χ3v) is 9.39. The first-order valence-electron chi connectivity index (χ1n) is 16.3. The van der Waals surface area contributed by atoms with Crippen molar-refractivity contribution >= 4 is 33.2 Å². The lowest BCUT2D eigenvalue weighted by molar-refractivity contribution is 0.482. The normalized spacial score (nSPS) is 11.4. The van der Waals surface area contributed by atoms with Crippen LogP contribution in [-0.4, -0.2) is 47.5 Å². The molecule has 0 N–H and O–H groups in total. The fourth-order valence-electron chi connectivity index (χ4n) is 7.07. The minimum absolute atomic E-state index is 0.753. The number of benzene rings is 4. The van der Waals surface area contributed by atoms with Gasteiger partial charge in [0.1, 0.15) is 17.3 Å². The molecular formula is C41H42N6O. The van der Waals surface area contributed by atoms with Gasteiger partial charge in [0.05, 0.1) is 22.9 Å². The Labute approximate surface area is 282 Å². The van der Waals surface area contributed by atoms with Crippen LogP contribution in [0.3, 0.4) is 0 Å². The minimum Gasteiger partial charge on any atom is -0.457 e. The summed E-state index contributed by atoms with van der Waals surface area (Å²) in [5.74, 6) is 2.40. The number of hydrogen-bond acceptors (Lipinski definition) is 5. The number of ether oxygens (including phenoxy) is 1. The molecule has 0 fully saturated rings. The van der Waals surface area contributed by atoms with Gasteiger partial charge in [-0.25, -0.2) is 9.67 Å². The maximum Gasteiger partial charge on any atom is 0.137 e. The molecule has 0 saturated carbocycles. The molecule has 3 heterocycles. The molecule has 7 aromatic rings. The van der Waals surface area contributed by atoms with Gasteiger partial charge in [-0.05, 0) is 105 Å². The molecular weight excluding hydrogens is 592 g/mol. The van der Waals surface area contributed by atoms with E-state index in [1.165, 1.54) is 39.0 Å². The Morgan fingerprint density at radius 2 is 1.35 bits per heavy atom. The molecule has 7 nitrogen and oxygen atoms in total. The molecule has 7 heteroatoms. The van der Waals surface area contributed by atoms with Gasteiger partial charge < -0.3 is 14.5 Å². The average Bonchev–Trinajstić information content (AvgIpc) is 3.66. The summed E-state index contributed by atoms with van der Waals surface area (Å²) >= 11 is 0. The van der Waals surface area contributed by atoms with Gasteiger partial charge in [-0.15, -0.1) is 0 Å². The van der Waals surface area contributed by atoms with E-state index in [4.69, 9.17) is 14.8 Å². The maximum absolute atomic E-state index is 6.59. The fourth-order valence-corrected chi connectivity index (χ4v) is 7.07. The van der Waals surface area contributed by atoms with E-state index >= 15 is 0 Å². The van der Waals surface area contributed by atoms with Crippen LogP contribution in [-0.2, 0) is 0 Å². The summed E-state index contributed by atoms with van der Waals surface area (Å²) in [6.07, 6.45) is 5.96. The Hall–Kier alpha value is -5.56. The van der Waals surface area contributed by atoms with Gasteiger partial charge in [0, 0.05) is 86.0 Å². The van der Waals surface area contributed by atoms with E-state index in [0.717, 1.165) is 56.1 Å². The Kier molecular flexibility index (Phi) is 7.71. The first-order valence-corrected chi connectivity index (χ1v) is 16.3. The molecule has 4 aromatic carbocycles. The van der Waals surface area contributed by atoms with Crippen LogP contribution >= 0.6 is 0 Å². The summed E-state index contributed by atoms with van der Waals surface area (Å²) in [6, 6.07) is 25.2. The van der Waals surface area contributed by atoms with Crippen LogP contribution in [0, 0.1) is 34.6 Å². The molecule has 0 bridgehead atoms. The number of aromatic nitrogens is 4. The summed E-state index contributed by atoms with van der Waals surface area (Å²) in [4.78, 5) is 9.15. The highest BCUT2D eigenvalue weighted by Crippen LogP contribution is 2.45. The van der Waals surface area contributed by atoms with Gasteiger partial charge in [-0.2, -0.15) is 5.10 Å². The first-order chi connectivity index (χ1) is 23.0. The maximum atomic E-state index is 6.59. The topological polar surface area (TPSA) is 51.4 Å². The third-order valence-electron chi connectivity index (χ3n) is 9.39. The van der Waals surface area contributed by atoms with E-state index in [1.807, 2.05) is 29.2 Å². The first kappa shape index (κ1) is 31.1. The Morgan fingerprint density at radius 1 is 0.646 bits per heavy atom. The zero-order chi connectivity index (χ0) is 33.9. The van der Waals surface area contributed by atoms with E-state index in [-0.39, 0.29) is 0 Å². The van der Waals surface area contributed by atoms with Crippen LogP contribution in [0.5, 0.6) is 11.5 Å². The quantitative estimate of drug-likeness (QED) is 0.175. The molecule has 0 atom stereocenters. The van der Waals surface area contributed by atoms with Crippen molar-refractivity contribution in [2.24, 2.45) is 0 Å². The van der Waals surface area contributed by atoms with Crippen molar-refractivity contribution in [3.63, 3.8) is 0 Å². The molecule has 0 saturated heterocycles. The molecule has 0 amide bonds. The second-order valence-corrected chi connectivity index (χ2v) is 13.2. The van der Waals surface area contributed by atoms with Crippen molar-refractivity contribution in [1.29, 1.82) is 0 Å². The second-order valence-electron chi connectivity index (χ2n) is 13.2. The smallest absolute Gasteiger partial charge is 0.137 e. The summed E-state index contributed by atoms with van der Waals surface area (Å²) in [5.41, 5.74) is 13.9. The van der Waals surface area contributed by atoms with Gasteiger partial charge >= 0.3 is 0 Å². The predicted molar refractivity (Wildman–Crippen MR) is 200 cm³/mol. The van der Waals surface area contributed by atoms with E-state index in [9.17, 15) is 0 Å². The van der Waals surface area contributed by atoms with E-state index in [2.05, 4.69) is 144 Å². The molecule has 48 heavy (non-hydrogen) atoms. The number of nitrogens with zero attached hydrogens (tertiary/aromatic N) is 6. The van der Waals surface area contributed by atoms with Crippen LogP contribution in [0.15, 0.2) is 91.4 Å². The van der Waals surface area contributed by atoms with Crippen molar-refractivity contribution in [3.05, 3.63) is 119 Å². The third kappa shape index (κ3) is 5.25. The fraction of sp³-hybridized carbons (Fsp3) is 0.220. The van der Waals surface area contributed by atoms with Crippen molar-refractivity contribution in [2.45, 2.75) is 34.6 Å². The number of fused-ring (bicyclic) bond motifs is 3. The van der Waals surface area contributed by atoms with Crippen molar-refractivity contribution < 1.29 is 4.74 Å². The van der Waals surface area contributed by atoms with Gasteiger partial charge in [0.15, 0.2) is 0 Å². The molecule has 0 aliphatic rings. The highest BCUT2D eigenvalue weighted by Gasteiger charge is 2.23. The van der Waals surface area contributed by atoms with Crippen LogP contribution in [0.2, 0.25) is 0 Å². The van der Waals surface area contributed by atoms with Crippen LogP contribution < -0.4 is 14.5 Å².